The summed E-state index contributed by atoms with van der Waals surface area (Å²) >= 11 is 3.35. The van der Waals surface area contributed by atoms with Gasteiger partial charge < -0.3 is 5.11 Å². The minimum absolute atomic E-state index is 0.0448. The molecule has 5 nitrogen and oxygen atoms in total. The van der Waals surface area contributed by atoms with E-state index in [1.54, 1.807) is 6.33 Å². The third-order valence-electron chi connectivity index (χ3n) is 2.19. The van der Waals surface area contributed by atoms with E-state index in [9.17, 15) is 4.79 Å². The van der Waals surface area contributed by atoms with Gasteiger partial charge in [0.05, 0.1) is 13.0 Å². The van der Waals surface area contributed by atoms with E-state index in [-0.39, 0.29) is 6.42 Å². The summed E-state index contributed by atoms with van der Waals surface area (Å²) in [5.74, 6) is -0.242. The SMILES string of the molecule is O=C(O)CCn1cnc(-c2ccc(Br)cc2)n1. The molecule has 88 valence electrons. The highest BCUT2D eigenvalue weighted by molar-refractivity contribution is 9.10. The highest BCUT2D eigenvalue weighted by Gasteiger charge is 2.05. The lowest BCUT2D eigenvalue weighted by molar-refractivity contribution is -0.137. The number of benzene rings is 1. The zero-order chi connectivity index (χ0) is 12.3. The van der Waals surface area contributed by atoms with E-state index in [2.05, 4.69) is 26.0 Å². The molecule has 2 aromatic rings. The summed E-state index contributed by atoms with van der Waals surface area (Å²) in [6.45, 7) is 0.332. The van der Waals surface area contributed by atoms with E-state index in [1.807, 2.05) is 24.3 Å². The van der Waals surface area contributed by atoms with Crippen molar-refractivity contribution in [3.8, 4) is 11.4 Å². The number of carboxylic acids is 1. The lowest BCUT2D eigenvalue weighted by Crippen LogP contribution is -2.04. The van der Waals surface area contributed by atoms with Gasteiger partial charge in [-0.1, -0.05) is 28.1 Å². The first kappa shape index (κ1) is 11.8. The normalized spacial score (nSPS) is 10.4. The van der Waals surface area contributed by atoms with Gasteiger partial charge in [-0.25, -0.2) is 4.98 Å². The number of hydrogen-bond acceptors (Lipinski definition) is 3. The van der Waals surface area contributed by atoms with E-state index in [1.165, 1.54) is 4.68 Å². The van der Waals surface area contributed by atoms with Crippen LogP contribution in [-0.4, -0.2) is 25.8 Å². The highest BCUT2D eigenvalue weighted by Crippen LogP contribution is 2.17. The summed E-state index contributed by atoms with van der Waals surface area (Å²) in [4.78, 5) is 14.6. The lowest BCUT2D eigenvalue weighted by Gasteiger charge is -1.97. The number of rotatable bonds is 4. The molecular weight excluding hydrogens is 286 g/mol. The number of halogens is 1. The van der Waals surface area contributed by atoms with Crippen LogP contribution in [0.1, 0.15) is 6.42 Å². The zero-order valence-corrected chi connectivity index (χ0v) is 10.5. The van der Waals surface area contributed by atoms with Gasteiger partial charge in [0.15, 0.2) is 5.82 Å². The fourth-order valence-corrected chi connectivity index (χ4v) is 1.61. The van der Waals surface area contributed by atoms with Gasteiger partial charge in [-0.15, -0.1) is 0 Å². The van der Waals surface area contributed by atoms with Crippen LogP contribution in [0.25, 0.3) is 11.4 Å². The Morgan fingerprint density at radius 3 is 2.71 bits per heavy atom. The molecule has 1 N–H and O–H groups in total. The zero-order valence-electron chi connectivity index (χ0n) is 8.88. The Labute approximate surface area is 106 Å². The minimum Gasteiger partial charge on any atom is -0.481 e. The van der Waals surface area contributed by atoms with E-state index in [0.29, 0.717) is 12.4 Å². The molecule has 1 aromatic heterocycles. The average molecular weight is 296 g/mol. The number of aliphatic carboxylic acids is 1. The Hall–Kier alpha value is -1.69. The number of carboxylic acid groups (broad SMARTS) is 1. The summed E-state index contributed by atoms with van der Waals surface area (Å²) in [7, 11) is 0. The van der Waals surface area contributed by atoms with Crippen LogP contribution in [0.4, 0.5) is 0 Å². The molecule has 0 aliphatic rings. The molecule has 0 spiro atoms. The lowest BCUT2D eigenvalue weighted by atomic mass is 10.2. The molecule has 0 amide bonds. The Morgan fingerprint density at radius 2 is 2.06 bits per heavy atom. The molecule has 0 bridgehead atoms. The second kappa shape index (κ2) is 5.09. The van der Waals surface area contributed by atoms with Crippen LogP contribution < -0.4 is 0 Å². The van der Waals surface area contributed by atoms with Gasteiger partial charge in [0.25, 0.3) is 0 Å². The van der Waals surface area contributed by atoms with Gasteiger partial charge in [-0.2, -0.15) is 5.10 Å². The maximum Gasteiger partial charge on any atom is 0.305 e. The van der Waals surface area contributed by atoms with Crippen molar-refractivity contribution in [2.75, 3.05) is 0 Å². The summed E-state index contributed by atoms with van der Waals surface area (Å²) in [5.41, 5.74) is 0.905. The van der Waals surface area contributed by atoms with Gasteiger partial charge in [0.2, 0.25) is 0 Å². The molecular formula is C11H10BrN3O2. The quantitative estimate of drug-likeness (QED) is 0.939. The van der Waals surface area contributed by atoms with Gasteiger partial charge in [-0.3, -0.25) is 9.48 Å². The summed E-state index contributed by atoms with van der Waals surface area (Å²) in [6.07, 6.45) is 1.59. The van der Waals surface area contributed by atoms with Crippen molar-refractivity contribution in [1.82, 2.24) is 14.8 Å². The smallest absolute Gasteiger partial charge is 0.305 e. The van der Waals surface area contributed by atoms with Crippen LogP contribution in [0, 0.1) is 0 Å². The predicted molar refractivity (Wildman–Crippen MR) is 65.4 cm³/mol. The van der Waals surface area contributed by atoms with Crippen LogP contribution in [-0.2, 0) is 11.3 Å². The Morgan fingerprint density at radius 1 is 1.35 bits per heavy atom. The van der Waals surface area contributed by atoms with Gasteiger partial charge in [0.1, 0.15) is 6.33 Å². The Bertz CT molecular complexity index is 522. The number of hydrogen-bond donors (Lipinski definition) is 1. The van der Waals surface area contributed by atoms with Crippen molar-refractivity contribution in [2.24, 2.45) is 0 Å². The van der Waals surface area contributed by atoms with Crippen LogP contribution >= 0.6 is 15.9 Å². The molecule has 0 atom stereocenters. The molecule has 0 saturated carbocycles. The van der Waals surface area contributed by atoms with Gasteiger partial charge in [-0.05, 0) is 12.1 Å². The van der Waals surface area contributed by atoms with Gasteiger partial charge >= 0.3 is 5.97 Å². The van der Waals surface area contributed by atoms with Crippen molar-refractivity contribution in [2.45, 2.75) is 13.0 Å². The molecule has 0 radical (unpaired) electrons. The van der Waals surface area contributed by atoms with Crippen molar-refractivity contribution in [3.05, 3.63) is 35.1 Å². The maximum absolute atomic E-state index is 10.4. The van der Waals surface area contributed by atoms with Crippen LogP contribution in [0.15, 0.2) is 35.1 Å². The predicted octanol–water partition coefficient (Wildman–Crippen LogP) is 2.18. The highest BCUT2D eigenvalue weighted by atomic mass is 79.9. The van der Waals surface area contributed by atoms with Crippen LogP contribution in [0.5, 0.6) is 0 Å². The maximum atomic E-state index is 10.4. The van der Waals surface area contributed by atoms with Crippen molar-refractivity contribution >= 4 is 21.9 Å². The summed E-state index contributed by atoms with van der Waals surface area (Å²) in [6, 6.07) is 7.63. The molecule has 0 saturated heterocycles. The molecule has 1 heterocycles. The fraction of sp³-hybridized carbons (Fsp3) is 0.182. The van der Waals surface area contributed by atoms with Crippen molar-refractivity contribution in [3.63, 3.8) is 0 Å². The first-order chi connectivity index (χ1) is 8.15. The summed E-state index contributed by atoms with van der Waals surface area (Å²) in [5, 5.41) is 12.8. The topological polar surface area (TPSA) is 68.0 Å². The van der Waals surface area contributed by atoms with E-state index in [0.717, 1.165) is 10.0 Å². The molecule has 6 heteroatoms. The van der Waals surface area contributed by atoms with E-state index in [4.69, 9.17) is 5.11 Å². The molecule has 1 aromatic carbocycles. The summed E-state index contributed by atoms with van der Waals surface area (Å²) < 4.78 is 2.53. The first-order valence-electron chi connectivity index (χ1n) is 5.02. The van der Waals surface area contributed by atoms with Crippen LogP contribution in [0.3, 0.4) is 0 Å². The van der Waals surface area contributed by atoms with Crippen molar-refractivity contribution in [1.29, 1.82) is 0 Å². The number of aromatic nitrogens is 3. The van der Waals surface area contributed by atoms with E-state index >= 15 is 0 Å². The number of nitrogens with zero attached hydrogens (tertiary/aromatic N) is 3. The van der Waals surface area contributed by atoms with Crippen molar-refractivity contribution < 1.29 is 9.90 Å². The minimum atomic E-state index is -0.842. The second-order valence-electron chi connectivity index (χ2n) is 3.48. The average Bonchev–Trinajstić information content (AvgIpc) is 2.76. The largest absolute Gasteiger partial charge is 0.481 e. The molecule has 0 aliphatic heterocycles. The van der Waals surface area contributed by atoms with E-state index < -0.39 is 5.97 Å². The molecule has 0 unspecified atom stereocenters. The monoisotopic (exact) mass is 295 g/mol. The molecule has 2 rings (SSSR count). The third kappa shape index (κ3) is 3.13. The van der Waals surface area contributed by atoms with Gasteiger partial charge in [0, 0.05) is 10.0 Å². The second-order valence-corrected chi connectivity index (χ2v) is 4.40. The molecule has 0 fully saturated rings. The Kier molecular flexibility index (Phi) is 3.53. The fourth-order valence-electron chi connectivity index (χ4n) is 1.34. The number of aryl methyl sites for hydroxylation is 1. The molecule has 17 heavy (non-hydrogen) atoms. The Balaban J connectivity index is 2.12. The number of carbonyl (C=O) groups is 1. The molecule has 0 aliphatic carbocycles. The third-order valence-corrected chi connectivity index (χ3v) is 2.72. The first-order valence-corrected chi connectivity index (χ1v) is 5.81. The standard InChI is InChI=1S/C11H10BrN3O2/c12-9-3-1-8(2-4-9)11-13-7-15(14-11)6-5-10(16)17/h1-4,7H,5-6H2,(H,16,17). The van der Waals surface area contributed by atoms with Crippen LogP contribution in [0.2, 0.25) is 0 Å².